The lowest BCUT2D eigenvalue weighted by atomic mass is 9.81. The minimum atomic E-state index is -4.75. The molecule has 0 radical (unpaired) electrons. The van der Waals surface area contributed by atoms with E-state index < -0.39 is 53.1 Å². The van der Waals surface area contributed by atoms with Gasteiger partial charge >= 0.3 is 12.4 Å². The summed E-state index contributed by atoms with van der Waals surface area (Å²) in [6.07, 6.45) is -9.48. The van der Waals surface area contributed by atoms with Crippen LogP contribution in [-0.2, 0) is 17.1 Å². The van der Waals surface area contributed by atoms with E-state index in [4.69, 9.17) is 0 Å². The molecule has 0 fully saturated rings. The van der Waals surface area contributed by atoms with Gasteiger partial charge < -0.3 is 5.32 Å². The molecule has 43 heavy (non-hydrogen) atoms. The van der Waals surface area contributed by atoms with E-state index >= 15 is 0 Å². The van der Waals surface area contributed by atoms with Gasteiger partial charge in [-0.25, -0.2) is 9.07 Å². The van der Waals surface area contributed by atoms with Gasteiger partial charge in [0.1, 0.15) is 17.7 Å². The zero-order valence-electron chi connectivity index (χ0n) is 22.6. The molecule has 4 aromatic rings. The third-order valence-corrected chi connectivity index (χ3v) is 7.24. The number of hydrogen-bond donors (Lipinski definition) is 1. The number of anilines is 1. The van der Waals surface area contributed by atoms with E-state index in [2.05, 4.69) is 10.4 Å². The van der Waals surface area contributed by atoms with Crippen molar-refractivity contribution in [3.8, 4) is 5.69 Å². The summed E-state index contributed by atoms with van der Waals surface area (Å²) in [6.45, 7) is 3.06. The maximum atomic E-state index is 14.0. The van der Waals surface area contributed by atoms with Crippen molar-refractivity contribution < 1.29 is 40.3 Å². The smallest absolute Gasteiger partial charge is 0.339 e. The van der Waals surface area contributed by atoms with Gasteiger partial charge in [-0.3, -0.25) is 14.5 Å². The highest BCUT2D eigenvalue weighted by Gasteiger charge is 2.46. The van der Waals surface area contributed by atoms with E-state index in [-0.39, 0.29) is 29.3 Å². The van der Waals surface area contributed by atoms with Crippen molar-refractivity contribution in [2.45, 2.75) is 38.2 Å². The molecule has 0 saturated heterocycles. The van der Waals surface area contributed by atoms with Gasteiger partial charge in [-0.2, -0.15) is 31.4 Å². The largest absolute Gasteiger partial charge is 0.418 e. The quantitative estimate of drug-likeness (QED) is 0.260. The summed E-state index contributed by atoms with van der Waals surface area (Å²) in [5.74, 6) is -3.37. The third kappa shape index (κ3) is 5.46. The number of nitrogens with one attached hydrogen (secondary N) is 1. The van der Waals surface area contributed by atoms with Crippen LogP contribution in [0.4, 0.5) is 36.6 Å². The van der Waals surface area contributed by atoms with Crippen LogP contribution in [-0.4, -0.2) is 34.2 Å². The number of para-hydroxylation sites is 1. The summed E-state index contributed by atoms with van der Waals surface area (Å²) < 4.78 is 96.9. The number of amides is 2. The van der Waals surface area contributed by atoms with Crippen molar-refractivity contribution in [3.63, 3.8) is 0 Å². The molecule has 2 heterocycles. The maximum absolute atomic E-state index is 14.0. The van der Waals surface area contributed by atoms with Crippen LogP contribution in [0.15, 0.2) is 72.8 Å². The Morgan fingerprint density at radius 3 is 2.23 bits per heavy atom. The molecule has 0 bridgehead atoms. The predicted octanol–water partition coefficient (Wildman–Crippen LogP) is 6.65. The highest BCUT2D eigenvalue weighted by atomic mass is 19.4. The number of nitrogens with zero attached hydrogens (tertiary/aromatic N) is 3. The summed E-state index contributed by atoms with van der Waals surface area (Å²) in [4.78, 5) is 28.5. The fourth-order valence-corrected chi connectivity index (χ4v) is 5.34. The summed E-state index contributed by atoms with van der Waals surface area (Å²) in [7, 11) is 0. The standard InChI is InChI=1S/C30H23F7N4O2/c1-3-40-27-23(16(2)39-41(27)22-10-5-4-9-21(22)30(35,36)37)24(17-11-13-20(31)14-12-17)25(28(40)43)38-26(42)18-7-6-8-19(15-18)29(32,33)34/h4-15,24-25H,3H2,1-2H3,(H,38,42)/t24-,25-/m0/s1. The summed E-state index contributed by atoms with van der Waals surface area (Å²) in [5.41, 5.74) is -1.92. The van der Waals surface area contributed by atoms with Crippen LogP contribution in [0.2, 0.25) is 0 Å². The molecule has 1 aliphatic heterocycles. The van der Waals surface area contributed by atoms with Crippen molar-refractivity contribution in [1.82, 2.24) is 15.1 Å². The van der Waals surface area contributed by atoms with Crippen LogP contribution in [0.5, 0.6) is 0 Å². The molecule has 0 aliphatic carbocycles. The highest BCUT2D eigenvalue weighted by Crippen LogP contribution is 2.45. The SMILES string of the molecule is CCN1C(=O)[C@@H](NC(=O)c2cccc(C(F)(F)F)c2)[C@@H](c2ccc(F)cc2)c2c(C)nn(-c3ccccc3C(F)(F)F)c21. The van der Waals surface area contributed by atoms with Crippen LogP contribution in [0.25, 0.3) is 5.69 Å². The number of carbonyl (C=O) groups is 2. The van der Waals surface area contributed by atoms with Gasteiger partial charge in [0, 0.05) is 23.6 Å². The summed E-state index contributed by atoms with van der Waals surface area (Å²) in [5, 5.41) is 6.92. The van der Waals surface area contributed by atoms with Crippen LogP contribution < -0.4 is 10.2 Å². The summed E-state index contributed by atoms with van der Waals surface area (Å²) in [6, 6.07) is 11.9. The first-order chi connectivity index (χ1) is 20.2. The lowest BCUT2D eigenvalue weighted by Gasteiger charge is -2.38. The number of aryl methyl sites for hydroxylation is 1. The van der Waals surface area contributed by atoms with Crippen molar-refractivity contribution in [1.29, 1.82) is 0 Å². The lowest BCUT2D eigenvalue weighted by molar-refractivity contribution is -0.138. The van der Waals surface area contributed by atoms with Crippen molar-refractivity contribution in [2.75, 3.05) is 11.4 Å². The minimum Gasteiger partial charge on any atom is -0.339 e. The number of likely N-dealkylation sites (N-methyl/N-ethyl adjacent to an activating group) is 1. The molecule has 0 unspecified atom stereocenters. The van der Waals surface area contributed by atoms with Crippen LogP contribution in [0.3, 0.4) is 0 Å². The predicted molar refractivity (Wildman–Crippen MR) is 142 cm³/mol. The van der Waals surface area contributed by atoms with Gasteiger partial charge in [0.2, 0.25) is 0 Å². The Morgan fingerprint density at radius 2 is 1.60 bits per heavy atom. The molecule has 5 rings (SSSR count). The number of aromatic nitrogens is 2. The fourth-order valence-electron chi connectivity index (χ4n) is 5.34. The van der Waals surface area contributed by atoms with Gasteiger partial charge in [-0.15, -0.1) is 0 Å². The monoisotopic (exact) mass is 604 g/mol. The molecule has 13 heteroatoms. The number of halogens is 7. The van der Waals surface area contributed by atoms with Gasteiger partial charge in [-0.05, 0) is 61.9 Å². The van der Waals surface area contributed by atoms with E-state index in [0.29, 0.717) is 17.2 Å². The molecular weight excluding hydrogens is 581 g/mol. The third-order valence-electron chi connectivity index (χ3n) is 7.24. The topological polar surface area (TPSA) is 67.2 Å². The Kier molecular flexibility index (Phi) is 7.53. The zero-order valence-corrected chi connectivity index (χ0v) is 22.6. The second-order valence-electron chi connectivity index (χ2n) is 9.89. The van der Waals surface area contributed by atoms with Gasteiger partial charge in [0.25, 0.3) is 11.8 Å². The molecule has 1 N–H and O–H groups in total. The minimum absolute atomic E-state index is 0.0283. The van der Waals surface area contributed by atoms with E-state index in [9.17, 15) is 40.3 Å². The van der Waals surface area contributed by atoms with E-state index in [1.807, 2.05) is 0 Å². The van der Waals surface area contributed by atoms with Crippen molar-refractivity contribution in [3.05, 3.63) is 112 Å². The van der Waals surface area contributed by atoms with Crippen LogP contribution in [0.1, 0.15) is 51.1 Å². The normalized spacial score (nSPS) is 17.1. The Morgan fingerprint density at radius 1 is 0.930 bits per heavy atom. The molecule has 1 aliphatic rings. The molecule has 0 saturated carbocycles. The maximum Gasteiger partial charge on any atom is 0.418 e. The first-order valence-electron chi connectivity index (χ1n) is 13.0. The summed E-state index contributed by atoms with van der Waals surface area (Å²) >= 11 is 0. The molecule has 3 aromatic carbocycles. The first-order valence-corrected chi connectivity index (χ1v) is 13.0. The molecule has 0 spiro atoms. The van der Waals surface area contributed by atoms with Gasteiger partial charge in [0.05, 0.1) is 22.5 Å². The Balaban J connectivity index is 1.69. The second kappa shape index (κ2) is 10.9. The zero-order chi connectivity index (χ0) is 31.3. The number of hydrogen-bond acceptors (Lipinski definition) is 3. The van der Waals surface area contributed by atoms with Gasteiger partial charge in [0.15, 0.2) is 0 Å². The molecular formula is C30H23F7N4O2. The fraction of sp³-hybridized carbons (Fsp3) is 0.233. The number of rotatable bonds is 5. The van der Waals surface area contributed by atoms with Gasteiger partial charge in [-0.1, -0.05) is 30.3 Å². The molecule has 2 atom stereocenters. The average Bonchev–Trinajstić information content (AvgIpc) is 3.29. The molecule has 2 amide bonds. The average molecular weight is 605 g/mol. The second-order valence-corrected chi connectivity index (χ2v) is 9.89. The van der Waals surface area contributed by atoms with Crippen LogP contribution >= 0.6 is 0 Å². The van der Waals surface area contributed by atoms with Crippen molar-refractivity contribution in [2.24, 2.45) is 0 Å². The Bertz CT molecular complexity index is 1690. The Labute approximate surface area is 240 Å². The molecule has 1 aromatic heterocycles. The number of carbonyl (C=O) groups excluding carboxylic acids is 2. The number of alkyl halides is 6. The molecule has 224 valence electrons. The highest BCUT2D eigenvalue weighted by molar-refractivity contribution is 6.05. The van der Waals surface area contributed by atoms with Crippen LogP contribution in [0, 0.1) is 12.7 Å². The lowest BCUT2D eigenvalue weighted by Crippen LogP contribution is -2.55. The van der Waals surface area contributed by atoms with E-state index in [0.717, 1.165) is 41.1 Å². The van der Waals surface area contributed by atoms with E-state index in [1.54, 1.807) is 6.92 Å². The van der Waals surface area contributed by atoms with Crippen molar-refractivity contribution >= 4 is 17.6 Å². The first kappa shape index (κ1) is 29.8. The number of fused-ring (bicyclic) bond motifs is 1. The number of benzene rings is 3. The van der Waals surface area contributed by atoms with E-state index in [1.165, 1.54) is 42.2 Å². The molecule has 6 nitrogen and oxygen atoms in total. The Hall–Kier alpha value is -4.68.